The first-order valence-corrected chi connectivity index (χ1v) is 6.76. The molecule has 118 valence electrons. The number of nitrogens with zero attached hydrogens (tertiary/aromatic N) is 3. The summed E-state index contributed by atoms with van der Waals surface area (Å²) in [6.45, 7) is 1.44. The number of rotatable bonds is 8. The van der Waals surface area contributed by atoms with Gasteiger partial charge in [-0.2, -0.15) is 0 Å². The average Bonchev–Trinajstić information content (AvgIpc) is 2.90. The molecule has 0 aliphatic heterocycles. The van der Waals surface area contributed by atoms with Gasteiger partial charge in [0.1, 0.15) is 6.04 Å². The Morgan fingerprint density at radius 1 is 1.38 bits per heavy atom. The van der Waals surface area contributed by atoms with Crippen molar-refractivity contribution in [1.82, 2.24) is 25.1 Å². The van der Waals surface area contributed by atoms with Crippen LogP contribution in [0, 0.1) is 0 Å². The number of carbonyl (C=O) groups is 2. The second kappa shape index (κ2) is 8.25. The Morgan fingerprint density at radius 3 is 2.62 bits per heavy atom. The summed E-state index contributed by atoms with van der Waals surface area (Å²) in [4.78, 5) is 33.4. The molecule has 1 aromatic rings. The summed E-state index contributed by atoms with van der Waals surface area (Å²) >= 11 is 0. The van der Waals surface area contributed by atoms with E-state index in [1.807, 2.05) is 19.0 Å². The average molecular weight is 297 g/mol. The minimum absolute atomic E-state index is 0.173. The van der Waals surface area contributed by atoms with Gasteiger partial charge in [0.25, 0.3) is 0 Å². The zero-order valence-corrected chi connectivity index (χ0v) is 12.7. The number of carboxylic acids is 1. The van der Waals surface area contributed by atoms with E-state index in [-0.39, 0.29) is 12.5 Å². The van der Waals surface area contributed by atoms with Crippen LogP contribution in [0.4, 0.5) is 4.79 Å². The van der Waals surface area contributed by atoms with E-state index in [0.29, 0.717) is 12.2 Å². The minimum Gasteiger partial charge on any atom is -0.480 e. The summed E-state index contributed by atoms with van der Waals surface area (Å²) in [5, 5.41) is 11.7. The standard InChI is InChI=1S/C13H23N5O3/c1-17(2)5-4-6-18(3)13(21)16-11(12(19)20)7-10-8-14-9-15-10/h8-9,11H,4-7H2,1-3H3,(H,14,15)(H,16,21)(H,19,20). The maximum absolute atomic E-state index is 12.0. The van der Waals surface area contributed by atoms with Gasteiger partial charge in [-0.15, -0.1) is 0 Å². The first kappa shape index (κ1) is 17.0. The molecule has 1 heterocycles. The van der Waals surface area contributed by atoms with Gasteiger partial charge >= 0.3 is 12.0 Å². The van der Waals surface area contributed by atoms with Gasteiger partial charge < -0.3 is 25.2 Å². The first-order chi connectivity index (χ1) is 9.90. The predicted octanol–water partition coefficient (Wildman–Crippen LogP) is -0.00150. The Kier molecular flexibility index (Phi) is 6.67. The number of aromatic amines is 1. The highest BCUT2D eigenvalue weighted by Gasteiger charge is 2.22. The topological polar surface area (TPSA) is 102 Å². The molecule has 0 radical (unpaired) electrons. The molecule has 3 N–H and O–H groups in total. The van der Waals surface area contributed by atoms with Crippen LogP contribution in [-0.4, -0.2) is 77.1 Å². The molecule has 0 aliphatic rings. The SMILES string of the molecule is CN(C)CCCN(C)C(=O)NC(Cc1cnc[nH]1)C(=O)O. The second-order valence-corrected chi connectivity index (χ2v) is 5.20. The molecule has 0 saturated heterocycles. The lowest BCUT2D eigenvalue weighted by Crippen LogP contribution is -2.48. The van der Waals surface area contributed by atoms with Crippen LogP contribution in [-0.2, 0) is 11.2 Å². The Morgan fingerprint density at radius 2 is 2.10 bits per heavy atom. The van der Waals surface area contributed by atoms with Gasteiger partial charge in [-0.3, -0.25) is 0 Å². The summed E-state index contributed by atoms with van der Waals surface area (Å²) in [5.74, 6) is -1.07. The molecule has 1 aromatic heterocycles. The molecule has 0 aliphatic carbocycles. The highest BCUT2D eigenvalue weighted by Crippen LogP contribution is 2.00. The summed E-state index contributed by atoms with van der Waals surface area (Å²) in [6.07, 6.45) is 4.02. The van der Waals surface area contributed by atoms with Gasteiger partial charge in [0.15, 0.2) is 0 Å². The van der Waals surface area contributed by atoms with Gasteiger partial charge in [0.05, 0.1) is 6.33 Å². The fraction of sp³-hybridized carbons (Fsp3) is 0.615. The minimum atomic E-state index is -1.07. The number of hydrogen-bond donors (Lipinski definition) is 3. The van der Waals surface area contributed by atoms with Crippen molar-refractivity contribution in [2.75, 3.05) is 34.2 Å². The molecule has 0 bridgehead atoms. The van der Waals surface area contributed by atoms with E-state index in [9.17, 15) is 14.7 Å². The van der Waals surface area contributed by atoms with Crippen LogP contribution in [0.15, 0.2) is 12.5 Å². The van der Waals surface area contributed by atoms with Crippen LogP contribution in [0.5, 0.6) is 0 Å². The van der Waals surface area contributed by atoms with E-state index >= 15 is 0 Å². The molecule has 0 spiro atoms. The van der Waals surface area contributed by atoms with E-state index in [1.165, 1.54) is 11.2 Å². The Labute approximate surface area is 124 Å². The van der Waals surface area contributed by atoms with Crippen molar-refractivity contribution in [3.8, 4) is 0 Å². The third kappa shape index (κ3) is 6.26. The number of carbonyl (C=O) groups excluding carboxylic acids is 1. The molecule has 1 unspecified atom stereocenters. The van der Waals surface area contributed by atoms with Crippen molar-refractivity contribution in [3.05, 3.63) is 18.2 Å². The Balaban J connectivity index is 2.46. The lowest BCUT2D eigenvalue weighted by atomic mass is 10.1. The first-order valence-electron chi connectivity index (χ1n) is 6.76. The fourth-order valence-corrected chi connectivity index (χ4v) is 1.80. The second-order valence-electron chi connectivity index (χ2n) is 5.20. The number of imidazole rings is 1. The zero-order valence-electron chi connectivity index (χ0n) is 12.7. The van der Waals surface area contributed by atoms with Crippen molar-refractivity contribution in [2.45, 2.75) is 18.9 Å². The predicted molar refractivity (Wildman–Crippen MR) is 78.0 cm³/mol. The van der Waals surface area contributed by atoms with E-state index < -0.39 is 12.0 Å². The molecule has 8 nitrogen and oxygen atoms in total. The molecule has 1 rings (SSSR count). The molecular formula is C13H23N5O3. The summed E-state index contributed by atoms with van der Waals surface area (Å²) in [7, 11) is 5.58. The van der Waals surface area contributed by atoms with E-state index in [0.717, 1.165) is 13.0 Å². The highest BCUT2D eigenvalue weighted by molar-refractivity contribution is 5.82. The molecule has 8 heteroatoms. The lowest BCUT2D eigenvalue weighted by molar-refractivity contribution is -0.139. The van der Waals surface area contributed by atoms with E-state index in [2.05, 4.69) is 15.3 Å². The molecular weight excluding hydrogens is 274 g/mol. The number of aromatic nitrogens is 2. The maximum atomic E-state index is 12.0. The van der Waals surface area contributed by atoms with Gasteiger partial charge in [0.2, 0.25) is 0 Å². The van der Waals surface area contributed by atoms with Crippen molar-refractivity contribution in [1.29, 1.82) is 0 Å². The number of amides is 2. The number of hydrogen-bond acceptors (Lipinski definition) is 4. The number of aliphatic carboxylic acids is 1. The number of urea groups is 1. The summed E-state index contributed by atoms with van der Waals surface area (Å²) < 4.78 is 0. The molecule has 1 atom stereocenters. The van der Waals surface area contributed by atoms with Crippen LogP contribution in [0.3, 0.4) is 0 Å². The number of carboxylic acid groups (broad SMARTS) is 1. The van der Waals surface area contributed by atoms with Crippen molar-refractivity contribution in [2.24, 2.45) is 0 Å². The van der Waals surface area contributed by atoms with Crippen LogP contribution < -0.4 is 5.32 Å². The number of H-pyrrole nitrogens is 1. The van der Waals surface area contributed by atoms with Crippen molar-refractivity contribution >= 4 is 12.0 Å². The maximum Gasteiger partial charge on any atom is 0.326 e. The largest absolute Gasteiger partial charge is 0.480 e. The van der Waals surface area contributed by atoms with Crippen LogP contribution in [0.1, 0.15) is 12.1 Å². The van der Waals surface area contributed by atoms with Crippen molar-refractivity contribution < 1.29 is 14.7 Å². The molecule has 0 aromatic carbocycles. The van der Waals surface area contributed by atoms with Crippen LogP contribution in [0.25, 0.3) is 0 Å². The van der Waals surface area contributed by atoms with Crippen LogP contribution >= 0.6 is 0 Å². The van der Waals surface area contributed by atoms with Crippen molar-refractivity contribution in [3.63, 3.8) is 0 Å². The van der Waals surface area contributed by atoms with Gasteiger partial charge in [-0.05, 0) is 27.1 Å². The fourth-order valence-electron chi connectivity index (χ4n) is 1.80. The van der Waals surface area contributed by atoms with Gasteiger partial charge in [-0.1, -0.05) is 0 Å². The molecule has 0 fully saturated rings. The Hall–Kier alpha value is -2.09. The molecule has 0 saturated carbocycles. The monoisotopic (exact) mass is 297 g/mol. The number of nitrogens with one attached hydrogen (secondary N) is 2. The summed E-state index contributed by atoms with van der Waals surface area (Å²) in [5.41, 5.74) is 0.665. The third-order valence-corrected chi connectivity index (χ3v) is 3.02. The van der Waals surface area contributed by atoms with Gasteiger partial charge in [-0.25, -0.2) is 14.6 Å². The lowest BCUT2D eigenvalue weighted by Gasteiger charge is -2.21. The van der Waals surface area contributed by atoms with E-state index in [1.54, 1.807) is 13.2 Å². The van der Waals surface area contributed by atoms with Crippen LogP contribution in [0.2, 0.25) is 0 Å². The highest BCUT2D eigenvalue weighted by atomic mass is 16.4. The smallest absolute Gasteiger partial charge is 0.326 e. The zero-order chi connectivity index (χ0) is 15.8. The molecule has 21 heavy (non-hydrogen) atoms. The van der Waals surface area contributed by atoms with E-state index in [4.69, 9.17) is 0 Å². The Bertz CT molecular complexity index is 447. The van der Waals surface area contributed by atoms with Gasteiger partial charge in [0, 0.05) is 31.9 Å². The quantitative estimate of drug-likeness (QED) is 0.627. The normalized spacial score (nSPS) is 12.2. The summed E-state index contributed by atoms with van der Waals surface area (Å²) in [6, 6.07) is -1.37. The third-order valence-electron chi connectivity index (χ3n) is 3.02. The molecule has 2 amide bonds.